The van der Waals surface area contributed by atoms with E-state index in [9.17, 15) is 9.59 Å². The maximum atomic E-state index is 11.9. The lowest BCUT2D eigenvalue weighted by molar-refractivity contribution is -0.119. The Morgan fingerprint density at radius 2 is 1.86 bits per heavy atom. The lowest BCUT2D eigenvalue weighted by atomic mass is 10.4. The highest BCUT2D eigenvalue weighted by atomic mass is 32.2. The average molecular weight is 332 g/mol. The van der Waals surface area contributed by atoms with Crippen LogP contribution < -0.4 is 15.4 Å². The zero-order chi connectivity index (χ0) is 16.0. The topological polar surface area (TPSA) is 93.2 Å². The molecule has 1 rings (SSSR count). The van der Waals surface area contributed by atoms with Crippen molar-refractivity contribution < 1.29 is 14.3 Å². The van der Waals surface area contributed by atoms with Crippen molar-refractivity contribution in [2.45, 2.75) is 56.4 Å². The number of ether oxygens (including phenoxy) is 1. The number of imide groups is 1. The summed E-state index contributed by atoms with van der Waals surface area (Å²) < 4.78 is 6.03. The Morgan fingerprint density at radius 3 is 2.43 bits per heavy atom. The van der Waals surface area contributed by atoms with Gasteiger partial charge in [0.05, 0.1) is 11.4 Å². The van der Waals surface area contributed by atoms with E-state index in [0.717, 1.165) is 0 Å². The second-order valence-corrected chi connectivity index (χ2v) is 7.41. The van der Waals surface area contributed by atoms with E-state index in [-0.39, 0.29) is 18.1 Å². The molecule has 0 aliphatic rings. The summed E-state index contributed by atoms with van der Waals surface area (Å²) in [6.07, 6.45) is 0.0243. The predicted octanol–water partition coefficient (Wildman–Crippen LogP) is 2.04. The van der Waals surface area contributed by atoms with Gasteiger partial charge in [0.25, 0.3) is 5.19 Å². The van der Waals surface area contributed by atoms with Gasteiger partial charge >= 0.3 is 6.03 Å². The minimum absolute atomic E-state index is 0.0243. The number of hydrogen-bond donors (Lipinski definition) is 2. The largest absolute Gasteiger partial charge is 0.466 e. The number of carbonyl (C=O) groups is 2. The van der Waals surface area contributed by atoms with Crippen molar-refractivity contribution in [3.8, 4) is 5.19 Å². The van der Waals surface area contributed by atoms with Crippen LogP contribution in [-0.4, -0.2) is 39.5 Å². The first-order valence-corrected chi connectivity index (χ1v) is 8.25. The molecule has 0 bridgehead atoms. The van der Waals surface area contributed by atoms with Crippen LogP contribution in [0.1, 0.15) is 34.6 Å². The molecule has 0 fully saturated rings. The van der Waals surface area contributed by atoms with Crippen LogP contribution in [0.4, 0.5) is 4.79 Å². The summed E-state index contributed by atoms with van der Waals surface area (Å²) in [6.45, 7) is 9.14. The monoisotopic (exact) mass is 332 g/mol. The van der Waals surface area contributed by atoms with Crippen LogP contribution in [-0.2, 0) is 4.79 Å². The second kappa shape index (κ2) is 8.18. The molecule has 2 N–H and O–H groups in total. The molecule has 1 aromatic rings. The lowest BCUT2D eigenvalue weighted by Crippen LogP contribution is -2.45. The van der Waals surface area contributed by atoms with Gasteiger partial charge < -0.3 is 10.1 Å². The summed E-state index contributed by atoms with van der Waals surface area (Å²) in [4.78, 5) is 23.3. The molecule has 1 atom stereocenters. The molecule has 1 unspecified atom stereocenters. The molecule has 3 amide bonds. The number of amides is 3. The van der Waals surface area contributed by atoms with Crippen LogP contribution >= 0.6 is 23.1 Å². The van der Waals surface area contributed by atoms with Crippen LogP contribution in [0, 0.1) is 0 Å². The van der Waals surface area contributed by atoms with Crippen LogP contribution in [0.25, 0.3) is 0 Å². The molecule has 7 nitrogen and oxygen atoms in total. The Bertz CT molecular complexity index is 491. The fourth-order valence-corrected chi connectivity index (χ4v) is 3.16. The molecule has 0 spiro atoms. The summed E-state index contributed by atoms with van der Waals surface area (Å²) in [5.41, 5.74) is 0. The molecule has 0 saturated heterocycles. The van der Waals surface area contributed by atoms with Gasteiger partial charge in [-0.05, 0) is 46.0 Å². The molecule has 1 aromatic heterocycles. The van der Waals surface area contributed by atoms with Crippen LogP contribution in [0.3, 0.4) is 0 Å². The van der Waals surface area contributed by atoms with Crippen molar-refractivity contribution >= 4 is 35.0 Å². The molecular formula is C12H20N4O3S2. The van der Waals surface area contributed by atoms with Crippen LogP contribution in [0.2, 0.25) is 0 Å². The molecular weight excluding hydrogens is 312 g/mol. The summed E-state index contributed by atoms with van der Waals surface area (Å²) in [5, 5.41) is 12.7. The van der Waals surface area contributed by atoms with Crippen molar-refractivity contribution in [1.29, 1.82) is 0 Å². The summed E-state index contributed by atoms with van der Waals surface area (Å²) in [6, 6.07) is -0.525. The number of nitrogens with zero attached hydrogens (tertiary/aromatic N) is 2. The number of urea groups is 1. The third-order valence-corrected chi connectivity index (χ3v) is 4.03. The summed E-state index contributed by atoms with van der Waals surface area (Å²) >= 11 is 2.51. The molecule has 21 heavy (non-hydrogen) atoms. The fraction of sp³-hybridized carbons (Fsp3) is 0.667. The van der Waals surface area contributed by atoms with Crippen molar-refractivity contribution in [2.75, 3.05) is 0 Å². The van der Waals surface area contributed by atoms with E-state index in [1.165, 1.54) is 23.1 Å². The highest BCUT2D eigenvalue weighted by molar-refractivity contribution is 8.02. The van der Waals surface area contributed by atoms with E-state index >= 15 is 0 Å². The number of nitrogens with one attached hydrogen (secondary N) is 2. The zero-order valence-corrected chi connectivity index (χ0v) is 14.3. The van der Waals surface area contributed by atoms with Gasteiger partial charge in [-0.3, -0.25) is 10.1 Å². The Labute approximate surface area is 132 Å². The van der Waals surface area contributed by atoms with Gasteiger partial charge in [0.2, 0.25) is 5.91 Å². The number of aromatic nitrogens is 2. The molecule has 118 valence electrons. The van der Waals surface area contributed by atoms with E-state index in [0.29, 0.717) is 9.53 Å². The third kappa shape index (κ3) is 6.76. The standard InChI is InChI=1S/C12H20N4O3S2/c1-6(2)13-10(18)14-9(17)8(5)20-12-16-15-11(21-12)19-7(3)4/h6-8H,1-5H3,(H2,13,14,17,18). The molecule has 0 saturated carbocycles. The molecule has 0 aliphatic heterocycles. The SMILES string of the molecule is CC(C)NC(=O)NC(=O)C(C)Sc1nnc(OC(C)C)s1. The second-order valence-electron chi connectivity index (χ2n) is 4.88. The van der Waals surface area contributed by atoms with Crippen molar-refractivity contribution in [2.24, 2.45) is 0 Å². The van der Waals surface area contributed by atoms with E-state index in [4.69, 9.17) is 4.74 Å². The number of thioether (sulfide) groups is 1. The quantitative estimate of drug-likeness (QED) is 0.774. The Balaban J connectivity index is 2.48. The smallest absolute Gasteiger partial charge is 0.321 e. The lowest BCUT2D eigenvalue weighted by Gasteiger charge is -2.11. The van der Waals surface area contributed by atoms with Crippen molar-refractivity contribution in [1.82, 2.24) is 20.8 Å². The van der Waals surface area contributed by atoms with Crippen LogP contribution in [0.15, 0.2) is 4.34 Å². The highest BCUT2D eigenvalue weighted by Gasteiger charge is 2.19. The van der Waals surface area contributed by atoms with E-state index in [1.807, 2.05) is 27.7 Å². The van der Waals surface area contributed by atoms with Gasteiger partial charge in [-0.25, -0.2) is 4.79 Å². The van der Waals surface area contributed by atoms with Gasteiger partial charge in [0.15, 0.2) is 4.34 Å². The number of hydrogen-bond acceptors (Lipinski definition) is 7. The first-order chi connectivity index (χ1) is 9.77. The molecule has 0 aliphatic carbocycles. The Hall–Kier alpha value is -1.35. The first kappa shape index (κ1) is 17.7. The van der Waals surface area contributed by atoms with Gasteiger partial charge in [0, 0.05) is 6.04 Å². The Morgan fingerprint density at radius 1 is 1.19 bits per heavy atom. The predicted molar refractivity (Wildman–Crippen MR) is 82.8 cm³/mol. The molecule has 1 heterocycles. The van der Waals surface area contributed by atoms with Gasteiger partial charge in [-0.15, -0.1) is 5.10 Å². The third-order valence-electron chi connectivity index (χ3n) is 2.03. The molecule has 9 heteroatoms. The summed E-state index contributed by atoms with van der Waals surface area (Å²) in [5.74, 6) is -0.375. The fourth-order valence-electron chi connectivity index (χ4n) is 1.21. The maximum absolute atomic E-state index is 11.9. The first-order valence-electron chi connectivity index (χ1n) is 6.56. The minimum atomic E-state index is -0.497. The van der Waals surface area contributed by atoms with Crippen molar-refractivity contribution in [3.63, 3.8) is 0 Å². The number of carbonyl (C=O) groups excluding carboxylic acids is 2. The van der Waals surface area contributed by atoms with Gasteiger partial charge in [-0.1, -0.05) is 16.9 Å². The highest BCUT2D eigenvalue weighted by Crippen LogP contribution is 2.30. The van der Waals surface area contributed by atoms with Crippen molar-refractivity contribution in [3.05, 3.63) is 0 Å². The number of rotatable bonds is 6. The maximum Gasteiger partial charge on any atom is 0.321 e. The van der Waals surface area contributed by atoms with Crippen LogP contribution in [0.5, 0.6) is 5.19 Å². The minimum Gasteiger partial charge on any atom is -0.466 e. The van der Waals surface area contributed by atoms with E-state index in [1.54, 1.807) is 6.92 Å². The van der Waals surface area contributed by atoms with E-state index in [2.05, 4.69) is 20.8 Å². The zero-order valence-electron chi connectivity index (χ0n) is 12.7. The average Bonchev–Trinajstić information content (AvgIpc) is 2.73. The Kier molecular flexibility index (Phi) is 6.90. The normalized spacial score (nSPS) is 12.3. The van der Waals surface area contributed by atoms with Gasteiger partial charge in [0.1, 0.15) is 0 Å². The molecule has 0 aromatic carbocycles. The van der Waals surface area contributed by atoms with Gasteiger partial charge in [-0.2, -0.15) is 0 Å². The summed E-state index contributed by atoms with van der Waals surface area (Å²) in [7, 11) is 0. The van der Waals surface area contributed by atoms with E-state index < -0.39 is 11.3 Å². The molecule has 0 radical (unpaired) electrons.